The maximum absolute atomic E-state index is 8.55. The van der Waals surface area contributed by atoms with E-state index < -0.39 is 0 Å². The Kier molecular flexibility index (Phi) is 5.10. The summed E-state index contributed by atoms with van der Waals surface area (Å²) >= 11 is 5.83. The maximum Gasteiger partial charge on any atom is 0.0635 e. The van der Waals surface area contributed by atoms with Crippen LogP contribution in [0.3, 0.4) is 0 Å². The second-order valence-corrected chi connectivity index (χ2v) is 4.06. The molecule has 2 N–H and O–H groups in total. The highest BCUT2D eigenvalue weighted by atomic mass is 35.5. The molecule has 0 bridgehead atoms. The smallest absolute Gasteiger partial charge is 0.0635 e. The molecule has 1 rings (SSSR count). The van der Waals surface area contributed by atoms with Crippen LogP contribution in [0.1, 0.15) is 18.9 Å². The quantitative estimate of drug-likeness (QED) is 0.801. The highest BCUT2D eigenvalue weighted by Gasteiger charge is 2.06. The second kappa shape index (κ2) is 6.37. The Morgan fingerprint density at radius 2 is 2.25 bits per heavy atom. The van der Waals surface area contributed by atoms with Crippen LogP contribution in [0, 0.1) is 11.3 Å². The first-order valence-corrected chi connectivity index (χ1v) is 5.68. The van der Waals surface area contributed by atoms with Gasteiger partial charge in [-0.05, 0) is 24.2 Å². The van der Waals surface area contributed by atoms with E-state index in [1.54, 1.807) is 6.07 Å². The predicted molar refractivity (Wildman–Crippen MR) is 67.0 cm³/mol. The third-order valence-corrected chi connectivity index (χ3v) is 2.72. The van der Waals surface area contributed by atoms with Crippen LogP contribution in [0.5, 0.6) is 0 Å². The van der Waals surface area contributed by atoms with Gasteiger partial charge in [0.15, 0.2) is 0 Å². The second-order valence-electron chi connectivity index (χ2n) is 3.62. The Balaban J connectivity index is 2.67. The Bertz CT molecular complexity index is 384. The van der Waals surface area contributed by atoms with Gasteiger partial charge in [-0.2, -0.15) is 5.26 Å². The van der Waals surface area contributed by atoms with Crippen LogP contribution in [-0.2, 0) is 6.54 Å². The lowest BCUT2D eigenvalue weighted by molar-refractivity contribution is 0.287. The van der Waals surface area contributed by atoms with Crippen LogP contribution in [-0.4, -0.2) is 18.0 Å². The fraction of sp³-hybridized carbons (Fsp3) is 0.417. The zero-order chi connectivity index (χ0) is 12.0. The van der Waals surface area contributed by atoms with E-state index >= 15 is 0 Å². The number of halogens is 1. The molecular weight excluding hydrogens is 222 g/mol. The fourth-order valence-corrected chi connectivity index (χ4v) is 1.69. The molecule has 4 heteroatoms. The minimum atomic E-state index is 0.543. The summed E-state index contributed by atoms with van der Waals surface area (Å²) in [4.78, 5) is 2.18. The molecule has 0 aliphatic carbocycles. The molecule has 1 aromatic rings. The summed E-state index contributed by atoms with van der Waals surface area (Å²) in [5.74, 6) is 0. The monoisotopic (exact) mass is 237 g/mol. The van der Waals surface area contributed by atoms with E-state index in [2.05, 4.69) is 17.9 Å². The number of nitrogen functional groups attached to an aromatic ring is 1. The molecule has 0 fully saturated rings. The molecule has 3 nitrogen and oxygen atoms in total. The number of rotatable bonds is 5. The van der Waals surface area contributed by atoms with Crippen LogP contribution in [0.25, 0.3) is 0 Å². The van der Waals surface area contributed by atoms with Crippen molar-refractivity contribution in [3.8, 4) is 6.07 Å². The van der Waals surface area contributed by atoms with Gasteiger partial charge in [0.2, 0.25) is 0 Å². The Morgan fingerprint density at radius 3 is 2.81 bits per heavy atom. The summed E-state index contributed by atoms with van der Waals surface area (Å²) in [5, 5.41) is 9.20. The van der Waals surface area contributed by atoms with Crippen LogP contribution in [0.15, 0.2) is 18.2 Å². The van der Waals surface area contributed by atoms with Crippen LogP contribution < -0.4 is 5.73 Å². The summed E-state index contributed by atoms with van der Waals surface area (Å²) in [6.07, 6.45) is 0.543. The highest BCUT2D eigenvalue weighted by molar-refractivity contribution is 6.30. The normalized spacial score (nSPS) is 10.4. The standard InChI is InChI=1S/C12H16ClN3/c1-2-16(7-3-6-14)9-10-4-5-11(13)8-12(10)15/h4-5,8H,2-3,7,9,15H2,1H3. The van der Waals surface area contributed by atoms with Crippen LogP contribution >= 0.6 is 11.6 Å². The molecule has 0 amide bonds. The van der Waals surface area contributed by atoms with Gasteiger partial charge >= 0.3 is 0 Å². The van der Waals surface area contributed by atoms with Gasteiger partial charge in [0.25, 0.3) is 0 Å². The van der Waals surface area contributed by atoms with Crippen molar-refractivity contribution < 1.29 is 0 Å². The van der Waals surface area contributed by atoms with E-state index in [4.69, 9.17) is 22.6 Å². The van der Waals surface area contributed by atoms with Gasteiger partial charge in [-0.25, -0.2) is 0 Å². The summed E-state index contributed by atoms with van der Waals surface area (Å²) < 4.78 is 0. The van der Waals surface area contributed by atoms with Crippen molar-refractivity contribution in [2.24, 2.45) is 0 Å². The van der Waals surface area contributed by atoms with Crippen LogP contribution in [0.2, 0.25) is 5.02 Å². The summed E-state index contributed by atoms with van der Waals surface area (Å²) in [5.41, 5.74) is 7.65. The molecule has 0 heterocycles. The van der Waals surface area contributed by atoms with Gasteiger partial charge < -0.3 is 5.73 Å². The van der Waals surface area contributed by atoms with Crippen molar-refractivity contribution in [2.75, 3.05) is 18.8 Å². The number of hydrogen-bond acceptors (Lipinski definition) is 3. The average molecular weight is 238 g/mol. The van der Waals surface area contributed by atoms with Gasteiger partial charge in [-0.3, -0.25) is 4.90 Å². The third-order valence-electron chi connectivity index (χ3n) is 2.49. The zero-order valence-corrected chi connectivity index (χ0v) is 10.2. The van der Waals surface area contributed by atoms with Gasteiger partial charge in [0, 0.05) is 30.2 Å². The predicted octanol–water partition coefficient (Wildman–Crippen LogP) is 2.66. The molecule has 0 aliphatic rings. The Labute approximate surface area is 101 Å². The lowest BCUT2D eigenvalue weighted by Crippen LogP contribution is -2.24. The van der Waals surface area contributed by atoms with Gasteiger partial charge in [-0.15, -0.1) is 0 Å². The zero-order valence-electron chi connectivity index (χ0n) is 9.41. The van der Waals surface area contributed by atoms with Crippen molar-refractivity contribution in [2.45, 2.75) is 19.9 Å². The molecule has 0 unspecified atom stereocenters. The summed E-state index contributed by atoms with van der Waals surface area (Å²) in [7, 11) is 0. The number of nitrogens with zero attached hydrogens (tertiary/aromatic N) is 2. The first kappa shape index (κ1) is 12.8. The first-order valence-electron chi connectivity index (χ1n) is 5.30. The average Bonchev–Trinajstić information content (AvgIpc) is 2.27. The van der Waals surface area contributed by atoms with E-state index in [9.17, 15) is 0 Å². The van der Waals surface area contributed by atoms with E-state index in [0.717, 1.165) is 25.2 Å². The van der Waals surface area contributed by atoms with Gasteiger partial charge in [0.05, 0.1) is 6.07 Å². The van der Waals surface area contributed by atoms with E-state index in [0.29, 0.717) is 17.1 Å². The van der Waals surface area contributed by atoms with Crippen molar-refractivity contribution in [1.29, 1.82) is 5.26 Å². The summed E-state index contributed by atoms with van der Waals surface area (Å²) in [6, 6.07) is 7.68. The molecule has 0 atom stereocenters. The number of benzene rings is 1. The number of nitrogens with two attached hydrogens (primary N) is 1. The molecule has 1 aromatic carbocycles. The largest absolute Gasteiger partial charge is 0.398 e. The van der Waals surface area contributed by atoms with E-state index in [-0.39, 0.29) is 0 Å². The van der Waals surface area contributed by atoms with E-state index in [1.807, 2.05) is 12.1 Å². The SMILES string of the molecule is CCN(CCC#N)Cc1ccc(Cl)cc1N. The van der Waals surface area contributed by atoms with Crippen molar-refractivity contribution in [1.82, 2.24) is 4.90 Å². The third kappa shape index (κ3) is 3.73. The molecule has 86 valence electrons. The van der Waals surface area contributed by atoms with Gasteiger partial charge in [0.1, 0.15) is 0 Å². The minimum Gasteiger partial charge on any atom is -0.398 e. The van der Waals surface area contributed by atoms with E-state index in [1.165, 1.54) is 0 Å². The molecule has 0 aliphatic heterocycles. The van der Waals surface area contributed by atoms with Crippen molar-refractivity contribution in [3.05, 3.63) is 28.8 Å². The van der Waals surface area contributed by atoms with Crippen molar-refractivity contribution >= 4 is 17.3 Å². The van der Waals surface area contributed by atoms with Crippen molar-refractivity contribution in [3.63, 3.8) is 0 Å². The molecule has 0 radical (unpaired) electrons. The summed E-state index contributed by atoms with van der Waals surface area (Å²) in [6.45, 7) is 4.52. The molecule has 0 saturated carbocycles. The molecular formula is C12H16ClN3. The first-order chi connectivity index (χ1) is 7.67. The highest BCUT2D eigenvalue weighted by Crippen LogP contribution is 2.19. The number of hydrogen-bond donors (Lipinski definition) is 1. The van der Waals surface area contributed by atoms with Crippen LogP contribution in [0.4, 0.5) is 5.69 Å². The molecule has 16 heavy (non-hydrogen) atoms. The number of anilines is 1. The fourth-order valence-electron chi connectivity index (χ4n) is 1.51. The lowest BCUT2D eigenvalue weighted by atomic mass is 10.1. The maximum atomic E-state index is 8.55. The lowest BCUT2D eigenvalue weighted by Gasteiger charge is -2.19. The molecule has 0 aromatic heterocycles. The Morgan fingerprint density at radius 1 is 1.50 bits per heavy atom. The number of nitriles is 1. The van der Waals surface area contributed by atoms with Gasteiger partial charge in [-0.1, -0.05) is 24.6 Å². The molecule has 0 spiro atoms. The minimum absolute atomic E-state index is 0.543. The Hall–Kier alpha value is -1.24. The topological polar surface area (TPSA) is 53.0 Å². The molecule has 0 saturated heterocycles.